The molecule has 1 atom stereocenters. The van der Waals surface area contributed by atoms with Crippen LogP contribution in [0.4, 0.5) is 0 Å². The summed E-state index contributed by atoms with van der Waals surface area (Å²) in [6.07, 6.45) is 2.39. The minimum Gasteiger partial charge on any atom is -0.316 e. The van der Waals surface area contributed by atoms with Crippen LogP contribution in [0, 0.1) is 32.1 Å². The molecule has 1 heteroatoms. The van der Waals surface area contributed by atoms with Gasteiger partial charge in [-0.15, -0.1) is 0 Å². The molecule has 1 N–H and O–H groups in total. The highest BCUT2D eigenvalue weighted by atomic mass is 14.9. The van der Waals surface area contributed by atoms with Crippen LogP contribution in [0.3, 0.4) is 0 Å². The third-order valence-corrected chi connectivity index (χ3v) is 4.40. The lowest BCUT2D eigenvalue weighted by molar-refractivity contribution is 0.284. The Labute approximate surface area is 126 Å². The van der Waals surface area contributed by atoms with E-state index in [1.165, 1.54) is 29.5 Å². The van der Waals surface area contributed by atoms with Crippen molar-refractivity contribution in [2.45, 2.75) is 61.3 Å². The van der Waals surface area contributed by atoms with Gasteiger partial charge in [-0.3, -0.25) is 0 Å². The van der Waals surface area contributed by atoms with Gasteiger partial charge in [-0.25, -0.2) is 0 Å². The lowest BCUT2D eigenvalue weighted by atomic mass is 9.78. The number of rotatable bonds is 7. The van der Waals surface area contributed by atoms with Crippen molar-refractivity contribution in [3.05, 3.63) is 34.4 Å². The van der Waals surface area contributed by atoms with Gasteiger partial charge in [-0.05, 0) is 68.2 Å². The summed E-state index contributed by atoms with van der Waals surface area (Å²) in [6.45, 7) is 18.2. The molecular weight excluding hydrogens is 242 g/mol. The van der Waals surface area contributed by atoms with Crippen molar-refractivity contribution in [1.82, 2.24) is 5.32 Å². The molecule has 1 aromatic carbocycles. The normalized spacial score (nSPS) is 14.6. The third kappa shape index (κ3) is 4.94. The summed E-state index contributed by atoms with van der Waals surface area (Å²) in [5.74, 6) is 0.721. The van der Waals surface area contributed by atoms with E-state index < -0.39 is 0 Å². The second-order valence-corrected chi connectivity index (χ2v) is 7.24. The van der Waals surface area contributed by atoms with Crippen LogP contribution in [0.25, 0.3) is 0 Å². The summed E-state index contributed by atoms with van der Waals surface area (Å²) in [7, 11) is 0. The maximum absolute atomic E-state index is 3.65. The molecule has 0 aromatic heterocycles. The van der Waals surface area contributed by atoms with E-state index in [1.807, 2.05) is 0 Å². The molecule has 1 rings (SSSR count). The van der Waals surface area contributed by atoms with Crippen molar-refractivity contribution in [2.75, 3.05) is 13.1 Å². The highest BCUT2D eigenvalue weighted by molar-refractivity contribution is 5.38. The van der Waals surface area contributed by atoms with E-state index in [-0.39, 0.29) is 0 Å². The van der Waals surface area contributed by atoms with Crippen molar-refractivity contribution in [1.29, 1.82) is 0 Å². The zero-order chi connectivity index (χ0) is 15.3. The lowest BCUT2D eigenvalue weighted by Gasteiger charge is -2.31. The Bertz CT molecular complexity index is 410. The van der Waals surface area contributed by atoms with Gasteiger partial charge in [-0.2, -0.15) is 0 Å². The van der Waals surface area contributed by atoms with Gasteiger partial charge < -0.3 is 5.32 Å². The molecule has 1 nitrogen and oxygen atoms in total. The Hall–Kier alpha value is -0.820. The first kappa shape index (κ1) is 17.2. The van der Waals surface area contributed by atoms with Gasteiger partial charge in [-0.1, -0.05) is 45.4 Å². The smallest absolute Gasteiger partial charge is 0.000836 e. The molecule has 1 unspecified atom stereocenters. The highest BCUT2D eigenvalue weighted by Gasteiger charge is 2.24. The van der Waals surface area contributed by atoms with E-state index >= 15 is 0 Å². The zero-order valence-electron chi connectivity index (χ0n) is 14.6. The second-order valence-electron chi connectivity index (χ2n) is 7.24. The molecule has 0 aliphatic carbocycles. The fraction of sp³-hybridized carbons (Fsp3) is 0.684. The number of hydrogen-bond donors (Lipinski definition) is 1. The Kier molecular flexibility index (Phi) is 6.26. The minimum absolute atomic E-state index is 0.347. The molecule has 0 fully saturated rings. The summed E-state index contributed by atoms with van der Waals surface area (Å²) in [5, 5.41) is 3.65. The van der Waals surface area contributed by atoms with E-state index in [9.17, 15) is 0 Å². The van der Waals surface area contributed by atoms with Crippen LogP contribution in [-0.2, 0) is 6.42 Å². The van der Waals surface area contributed by atoms with Crippen LogP contribution in [0.2, 0.25) is 0 Å². The lowest BCUT2D eigenvalue weighted by Crippen LogP contribution is -2.35. The largest absolute Gasteiger partial charge is 0.316 e. The SMILES string of the molecule is CCC(C)(CNCC(C)C)Cc1c(C)cc(C)cc1C. The van der Waals surface area contributed by atoms with E-state index in [2.05, 4.69) is 65.9 Å². The predicted octanol–water partition coefficient (Wildman–Crippen LogP) is 4.82. The number of aryl methyl sites for hydroxylation is 3. The summed E-state index contributed by atoms with van der Waals surface area (Å²) in [4.78, 5) is 0. The molecule has 1 aromatic rings. The van der Waals surface area contributed by atoms with Crippen molar-refractivity contribution < 1.29 is 0 Å². The molecule has 0 aliphatic heterocycles. The highest BCUT2D eigenvalue weighted by Crippen LogP contribution is 2.29. The van der Waals surface area contributed by atoms with E-state index in [0.717, 1.165) is 19.0 Å². The van der Waals surface area contributed by atoms with Crippen LogP contribution in [-0.4, -0.2) is 13.1 Å². The van der Waals surface area contributed by atoms with Crippen LogP contribution >= 0.6 is 0 Å². The van der Waals surface area contributed by atoms with Gasteiger partial charge in [0.15, 0.2) is 0 Å². The number of nitrogens with one attached hydrogen (secondary N) is 1. The van der Waals surface area contributed by atoms with Crippen LogP contribution in [0.15, 0.2) is 12.1 Å². The van der Waals surface area contributed by atoms with Gasteiger partial charge in [0.05, 0.1) is 0 Å². The molecule has 20 heavy (non-hydrogen) atoms. The average molecular weight is 275 g/mol. The molecule has 0 spiro atoms. The summed E-state index contributed by atoms with van der Waals surface area (Å²) < 4.78 is 0. The van der Waals surface area contributed by atoms with Crippen LogP contribution < -0.4 is 5.32 Å². The Morgan fingerprint density at radius 3 is 2.10 bits per heavy atom. The molecule has 0 radical (unpaired) electrons. The van der Waals surface area contributed by atoms with Gasteiger partial charge in [0, 0.05) is 6.54 Å². The molecule has 0 aliphatic rings. The minimum atomic E-state index is 0.347. The monoisotopic (exact) mass is 275 g/mol. The van der Waals surface area contributed by atoms with Crippen molar-refractivity contribution >= 4 is 0 Å². The first-order valence-corrected chi connectivity index (χ1v) is 8.05. The fourth-order valence-electron chi connectivity index (χ4n) is 2.89. The van der Waals surface area contributed by atoms with Gasteiger partial charge in [0.25, 0.3) is 0 Å². The standard InChI is InChI=1S/C19H33N/c1-8-19(7,13-20-12-14(2)3)11-18-16(5)9-15(4)10-17(18)6/h9-10,14,20H,8,11-13H2,1-7H3. The van der Waals surface area contributed by atoms with Gasteiger partial charge >= 0.3 is 0 Å². The summed E-state index contributed by atoms with van der Waals surface area (Å²) in [6, 6.07) is 4.64. The molecular formula is C19H33N. The maximum atomic E-state index is 3.65. The Balaban J connectivity index is 2.82. The van der Waals surface area contributed by atoms with E-state index in [0.29, 0.717) is 5.41 Å². The van der Waals surface area contributed by atoms with Crippen LogP contribution in [0.5, 0.6) is 0 Å². The van der Waals surface area contributed by atoms with E-state index in [4.69, 9.17) is 0 Å². The molecule has 0 saturated heterocycles. The van der Waals surface area contributed by atoms with Crippen molar-refractivity contribution in [2.24, 2.45) is 11.3 Å². The van der Waals surface area contributed by atoms with Crippen molar-refractivity contribution in [3.63, 3.8) is 0 Å². The second kappa shape index (κ2) is 7.26. The van der Waals surface area contributed by atoms with Crippen molar-refractivity contribution in [3.8, 4) is 0 Å². The van der Waals surface area contributed by atoms with Gasteiger partial charge in [0.2, 0.25) is 0 Å². The maximum Gasteiger partial charge on any atom is 0.000836 e. The summed E-state index contributed by atoms with van der Waals surface area (Å²) in [5.41, 5.74) is 6.17. The Morgan fingerprint density at radius 1 is 1.10 bits per heavy atom. The predicted molar refractivity (Wildman–Crippen MR) is 90.5 cm³/mol. The fourth-order valence-corrected chi connectivity index (χ4v) is 2.89. The molecule has 0 saturated carbocycles. The Morgan fingerprint density at radius 2 is 1.65 bits per heavy atom. The van der Waals surface area contributed by atoms with Crippen LogP contribution in [0.1, 0.15) is 56.4 Å². The first-order chi connectivity index (χ1) is 9.27. The van der Waals surface area contributed by atoms with Gasteiger partial charge in [0.1, 0.15) is 0 Å². The quantitative estimate of drug-likeness (QED) is 0.752. The summed E-state index contributed by atoms with van der Waals surface area (Å²) >= 11 is 0. The zero-order valence-corrected chi connectivity index (χ0v) is 14.6. The first-order valence-electron chi connectivity index (χ1n) is 8.05. The molecule has 0 bridgehead atoms. The topological polar surface area (TPSA) is 12.0 Å². The number of benzene rings is 1. The number of hydrogen-bond acceptors (Lipinski definition) is 1. The van der Waals surface area contributed by atoms with E-state index in [1.54, 1.807) is 5.56 Å². The molecule has 114 valence electrons. The average Bonchev–Trinajstić information content (AvgIpc) is 2.33. The molecule has 0 amide bonds. The third-order valence-electron chi connectivity index (χ3n) is 4.40. The molecule has 0 heterocycles.